The maximum atomic E-state index is 11.7. The zero-order chi connectivity index (χ0) is 7.90. The number of hydrogen-bond donors (Lipinski definition) is 1. The molecule has 2 rings (SSSR count). The molecule has 0 amide bonds. The van der Waals surface area contributed by atoms with Crippen LogP contribution in [0, 0.1) is 4.78 Å². The largest absolute Gasteiger partial charge is 0.240 e. The van der Waals surface area contributed by atoms with Crippen molar-refractivity contribution < 1.29 is 4.21 Å². The van der Waals surface area contributed by atoms with Crippen molar-refractivity contribution in [1.29, 1.82) is 4.78 Å². The Kier molecular flexibility index (Phi) is 3.01. The van der Waals surface area contributed by atoms with Crippen molar-refractivity contribution in [3.63, 3.8) is 0 Å². The average Bonchev–Trinajstić information content (AvgIpc) is 2.66. The molecule has 0 spiro atoms. The van der Waals surface area contributed by atoms with E-state index in [4.69, 9.17) is 4.78 Å². The highest BCUT2D eigenvalue weighted by Gasteiger charge is 2.37. The van der Waals surface area contributed by atoms with Crippen LogP contribution in [0.1, 0.15) is 25.7 Å². The average molecular weight is 211 g/mol. The molecule has 1 saturated carbocycles. The quantitative estimate of drug-likeness (QED) is 0.740. The van der Waals surface area contributed by atoms with E-state index in [2.05, 4.69) is 0 Å². The molecular weight excluding hydrogens is 196 g/mol. The Labute approximate surface area is 80.0 Å². The molecule has 3 nitrogen and oxygen atoms in total. The molecule has 0 aromatic rings. The Hall–Kier alpha value is 0.200. The topological polar surface area (TPSA) is 44.2 Å². The zero-order valence-electron chi connectivity index (χ0n) is 6.99. The predicted molar refractivity (Wildman–Crippen MR) is 51.9 cm³/mol. The van der Waals surface area contributed by atoms with Crippen LogP contribution in [0.2, 0.25) is 0 Å². The normalized spacial score (nSPS) is 29.3. The summed E-state index contributed by atoms with van der Waals surface area (Å²) in [5.74, 6) is 0. The second kappa shape index (κ2) is 3.52. The van der Waals surface area contributed by atoms with Gasteiger partial charge in [-0.3, -0.25) is 0 Å². The first-order valence-corrected chi connectivity index (χ1v) is 5.82. The van der Waals surface area contributed by atoms with Gasteiger partial charge in [-0.25, -0.2) is 13.3 Å². The summed E-state index contributed by atoms with van der Waals surface area (Å²) in [5, 5.41) is 0.209. The first-order valence-electron chi connectivity index (χ1n) is 4.24. The number of hydrogen-bond acceptors (Lipinski definition) is 2. The lowest BCUT2D eigenvalue weighted by atomic mass is 10.4. The van der Waals surface area contributed by atoms with E-state index in [0.29, 0.717) is 0 Å². The van der Waals surface area contributed by atoms with Gasteiger partial charge in [-0.2, -0.15) is 0 Å². The SMILES string of the molecule is Cl.N=S(=O)(C1CC1)N1CCCC1. The van der Waals surface area contributed by atoms with Crippen LogP contribution >= 0.6 is 12.4 Å². The van der Waals surface area contributed by atoms with Gasteiger partial charge in [0.25, 0.3) is 0 Å². The van der Waals surface area contributed by atoms with Crippen molar-refractivity contribution in [3.8, 4) is 0 Å². The fraction of sp³-hybridized carbons (Fsp3) is 1.00. The van der Waals surface area contributed by atoms with E-state index in [1.54, 1.807) is 0 Å². The molecule has 2 aliphatic rings. The van der Waals surface area contributed by atoms with Crippen LogP contribution in [0.3, 0.4) is 0 Å². The van der Waals surface area contributed by atoms with E-state index >= 15 is 0 Å². The summed E-state index contributed by atoms with van der Waals surface area (Å²) in [6.45, 7) is 1.78. The maximum Gasteiger partial charge on any atom is 0.110 e. The number of nitrogens with zero attached hydrogens (tertiary/aromatic N) is 1. The van der Waals surface area contributed by atoms with Crippen LogP contribution < -0.4 is 0 Å². The van der Waals surface area contributed by atoms with Crippen LogP contribution in [0.15, 0.2) is 0 Å². The Morgan fingerprint density at radius 1 is 1.25 bits per heavy atom. The molecule has 0 aromatic carbocycles. The molecule has 5 heteroatoms. The first kappa shape index (κ1) is 10.3. The van der Waals surface area contributed by atoms with E-state index < -0.39 is 9.92 Å². The highest BCUT2D eigenvalue weighted by Crippen LogP contribution is 2.32. The number of nitrogens with one attached hydrogen (secondary N) is 1. The van der Waals surface area contributed by atoms with Gasteiger partial charge in [0.2, 0.25) is 0 Å². The lowest BCUT2D eigenvalue weighted by molar-refractivity contribution is 0.523. The van der Waals surface area contributed by atoms with Gasteiger partial charge in [-0.05, 0) is 25.7 Å². The summed E-state index contributed by atoms with van der Waals surface area (Å²) in [6, 6.07) is 0. The van der Waals surface area contributed by atoms with Gasteiger partial charge in [0.05, 0.1) is 5.25 Å². The van der Waals surface area contributed by atoms with Crippen LogP contribution in [0.5, 0.6) is 0 Å². The van der Waals surface area contributed by atoms with Crippen molar-refractivity contribution in [3.05, 3.63) is 0 Å². The second-order valence-corrected chi connectivity index (χ2v) is 5.72. The third-order valence-corrected chi connectivity index (χ3v) is 4.93. The molecule has 1 N–H and O–H groups in total. The summed E-state index contributed by atoms with van der Waals surface area (Å²) >= 11 is 0. The fourth-order valence-corrected chi connectivity index (χ4v) is 3.56. The predicted octanol–water partition coefficient (Wildman–Crippen LogP) is 1.63. The Balaban J connectivity index is 0.000000720. The molecule has 1 aliphatic heterocycles. The lowest BCUT2D eigenvalue weighted by Gasteiger charge is -2.17. The maximum absolute atomic E-state index is 11.7. The van der Waals surface area contributed by atoms with Gasteiger partial charge in [0.1, 0.15) is 9.92 Å². The van der Waals surface area contributed by atoms with Gasteiger partial charge in [-0.15, -0.1) is 12.4 Å². The molecule has 1 heterocycles. The summed E-state index contributed by atoms with van der Waals surface area (Å²) in [6.07, 6.45) is 4.28. The minimum atomic E-state index is -2.33. The van der Waals surface area contributed by atoms with E-state index in [-0.39, 0.29) is 17.7 Å². The van der Waals surface area contributed by atoms with Gasteiger partial charge < -0.3 is 0 Å². The molecule has 1 saturated heterocycles. The van der Waals surface area contributed by atoms with E-state index in [1.165, 1.54) is 0 Å². The summed E-state index contributed by atoms with van der Waals surface area (Å²) in [7, 11) is -2.33. The molecule has 0 radical (unpaired) electrons. The van der Waals surface area contributed by atoms with Crippen LogP contribution in [-0.4, -0.2) is 26.9 Å². The highest BCUT2D eigenvalue weighted by atomic mass is 35.5. The molecule has 12 heavy (non-hydrogen) atoms. The van der Waals surface area contributed by atoms with Crippen LogP contribution in [-0.2, 0) is 9.92 Å². The smallest absolute Gasteiger partial charge is 0.110 e. The Bertz CT molecular complexity index is 242. The van der Waals surface area contributed by atoms with Gasteiger partial charge in [0, 0.05) is 13.1 Å². The van der Waals surface area contributed by atoms with Crippen molar-refractivity contribution in [1.82, 2.24) is 4.31 Å². The fourth-order valence-electron chi connectivity index (χ4n) is 1.56. The van der Waals surface area contributed by atoms with Crippen molar-refractivity contribution >= 4 is 22.3 Å². The minimum Gasteiger partial charge on any atom is -0.240 e. The molecule has 1 atom stereocenters. The number of halogens is 1. The van der Waals surface area contributed by atoms with Gasteiger partial charge >= 0.3 is 0 Å². The second-order valence-electron chi connectivity index (χ2n) is 3.40. The van der Waals surface area contributed by atoms with Gasteiger partial charge in [-0.1, -0.05) is 0 Å². The molecule has 0 aromatic heterocycles. The lowest BCUT2D eigenvalue weighted by Crippen LogP contribution is -2.29. The standard InChI is InChI=1S/C7H14N2OS.ClH/c8-11(10,7-3-4-7)9-5-1-2-6-9;/h7-8H,1-6H2;1H. The Morgan fingerprint density at radius 3 is 2.17 bits per heavy atom. The first-order chi connectivity index (χ1) is 5.21. The molecule has 72 valence electrons. The molecule has 1 aliphatic carbocycles. The Morgan fingerprint density at radius 2 is 1.75 bits per heavy atom. The molecule has 1 unspecified atom stereocenters. The van der Waals surface area contributed by atoms with Gasteiger partial charge in [0.15, 0.2) is 0 Å². The number of rotatable bonds is 2. The zero-order valence-corrected chi connectivity index (χ0v) is 8.62. The highest BCUT2D eigenvalue weighted by molar-refractivity contribution is 7.91. The molecule has 2 fully saturated rings. The monoisotopic (exact) mass is 210 g/mol. The van der Waals surface area contributed by atoms with Crippen molar-refractivity contribution in [2.75, 3.05) is 13.1 Å². The van der Waals surface area contributed by atoms with Crippen LogP contribution in [0.25, 0.3) is 0 Å². The van der Waals surface area contributed by atoms with Crippen molar-refractivity contribution in [2.45, 2.75) is 30.9 Å². The summed E-state index contributed by atoms with van der Waals surface area (Å²) in [5.41, 5.74) is 0. The summed E-state index contributed by atoms with van der Waals surface area (Å²) < 4.78 is 21.3. The van der Waals surface area contributed by atoms with E-state index in [0.717, 1.165) is 38.8 Å². The van der Waals surface area contributed by atoms with E-state index in [9.17, 15) is 4.21 Å². The molecule has 0 bridgehead atoms. The molecular formula is C7H15ClN2OS. The van der Waals surface area contributed by atoms with E-state index in [1.807, 2.05) is 4.31 Å². The van der Waals surface area contributed by atoms with Crippen LogP contribution in [0.4, 0.5) is 0 Å². The third-order valence-electron chi connectivity index (χ3n) is 2.42. The summed E-state index contributed by atoms with van der Waals surface area (Å²) in [4.78, 5) is 0. The van der Waals surface area contributed by atoms with Crippen molar-refractivity contribution in [2.24, 2.45) is 0 Å². The minimum absolute atomic E-state index is 0. The third kappa shape index (κ3) is 1.75.